The molecule has 0 saturated heterocycles. The van der Waals surface area contributed by atoms with E-state index in [-0.39, 0.29) is 0 Å². The largest absolute Gasteiger partial charge is 0.493 e. The second-order valence-electron chi connectivity index (χ2n) is 3.45. The predicted octanol–water partition coefficient (Wildman–Crippen LogP) is 3.46. The zero-order valence-electron chi connectivity index (χ0n) is 9.85. The quantitative estimate of drug-likeness (QED) is 0.838. The Morgan fingerprint density at radius 3 is 2.71 bits per heavy atom. The van der Waals surface area contributed by atoms with Crippen molar-refractivity contribution in [3.63, 3.8) is 0 Å². The van der Waals surface area contributed by atoms with E-state index in [1.807, 2.05) is 19.2 Å². The lowest BCUT2D eigenvalue weighted by Gasteiger charge is -2.14. The summed E-state index contributed by atoms with van der Waals surface area (Å²) >= 11 is 6.74. The van der Waals surface area contributed by atoms with Gasteiger partial charge in [0.05, 0.1) is 11.6 Å². The molecule has 1 N–H and O–H groups in total. The summed E-state index contributed by atoms with van der Waals surface area (Å²) in [6.45, 7) is 4.91. The van der Waals surface area contributed by atoms with Gasteiger partial charge in [0, 0.05) is 11.0 Å². The fourth-order valence-electron chi connectivity index (χ4n) is 1.37. The van der Waals surface area contributed by atoms with Crippen molar-refractivity contribution in [3.8, 4) is 11.5 Å². The van der Waals surface area contributed by atoms with E-state index in [2.05, 4.69) is 43.8 Å². The van der Waals surface area contributed by atoms with E-state index < -0.39 is 0 Å². The second kappa shape index (κ2) is 7.03. The van der Waals surface area contributed by atoms with Gasteiger partial charge in [0.1, 0.15) is 6.61 Å². The van der Waals surface area contributed by atoms with Gasteiger partial charge in [-0.15, -0.1) is 0 Å². The smallest absolute Gasteiger partial charge is 0.175 e. The number of benzene rings is 1. The van der Waals surface area contributed by atoms with Gasteiger partial charge in [-0.2, -0.15) is 0 Å². The van der Waals surface area contributed by atoms with Gasteiger partial charge in [0.2, 0.25) is 0 Å². The first-order valence-electron chi connectivity index (χ1n) is 5.05. The van der Waals surface area contributed by atoms with Crippen LogP contribution in [0, 0.1) is 0 Å². The Morgan fingerprint density at radius 1 is 1.47 bits per heavy atom. The van der Waals surface area contributed by atoms with Crippen LogP contribution in [0.3, 0.4) is 0 Å². The minimum absolute atomic E-state index is 0.403. The van der Waals surface area contributed by atoms with Crippen molar-refractivity contribution in [1.82, 2.24) is 5.32 Å². The summed E-state index contributed by atoms with van der Waals surface area (Å²) in [7, 11) is 3.53. The maximum absolute atomic E-state index is 5.61. The number of nitrogens with one attached hydrogen (secondary N) is 1. The molecule has 0 unspecified atom stereocenters. The van der Waals surface area contributed by atoms with Gasteiger partial charge < -0.3 is 14.8 Å². The van der Waals surface area contributed by atoms with Crippen molar-refractivity contribution >= 4 is 31.9 Å². The molecule has 3 nitrogen and oxygen atoms in total. The van der Waals surface area contributed by atoms with E-state index in [4.69, 9.17) is 9.47 Å². The van der Waals surface area contributed by atoms with Gasteiger partial charge in [-0.25, -0.2) is 0 Å². The average Bonchev–Trinajstić information content (AvgIpc) is 2.27. The average molecular weight is 365 g/mol. The van der Waals surface area contributed by atoms with Crippen LogP contribution in [0.5, 0.6) is 11.5 Å². The van der Waals surface area contributed by atoms with E-state index in [0.29, 0.717) is 18.1 Å². The Hall–Kier alpha value is -0.520. The maximum Gasteiger partial charge on any atom is 0.175 e. The Morgan fingerprint density at radius 2 is 2.18 bits per heavy atom. The zero-order chi connectivity index (χ0) is 12.8. The highest BCUT2D eigenvalue weighted by Gasteiger charge is 2.11. The predicted molar refractivity (Wildman–Crippen MR) is 77.0 cm³/mol. The van der Waals surface area contributed by atoms with E-state index in [9.17, 15) is 0 Å². The molecule has 0 atom stereocenters. The summed E-state index contributed by atoms with van der Waals surface area (Å²) in [5, 5.41) is 3.09. The van der Waals surface area contributed by atoms with Gasteiger partial charge >= 0.3 is 0 Å². The highest BCUT2D eigenvalue weighted by molar-refractivity contribution is 9.11. The van der Waals surface area contributed by atoms with Crippen molar-refractivity contribution in [2.24, 2.45) is 0 Å². The van der Waals surface area contributed by atoms with Gasteiger partial charge in [-0.3, -0.25) is 0 Å². The third-order valence-electron chi connectivity index (χ3n) is 2.04. The monoisotopic (exact) mass is 363 g/mol. The maximum atomic E-state index is 5.61. The molecule has 0 aromatic heterocycles. The molecule has 94 valence electrons. The molecule has 17 heavy (non-hydrogen) atoms. The molecule has 0 bridgehead atoms. The summed E-state index contributed by atoms with van der Waals surface area (Å²) in [5.41, 5.74) is 1.13. The van der Waals surface area contributed by atoms with Crippen LogP contribution >= 0.6 is 31.9 Å². The van der Waals surface area contributed by atoms with Crippen LogP contribution in [0.1, 0.15) is 5.56 Å². The first-order chi connectivity index (χ1) is 8.08. The Kier molecular flexibility index (Phi) is 6.02. The summed E-state index contributed by atoms with van der Waals surface area (Å²) in [6.07, 6.45) is 0. The van der Waals surface area contributed by atoms with E-state index in [0.717, 1.165) is 21.1 Å². The first-order valence-corrected chi connectivity index (χ1v) is 6.64. The van der Waals surface area contributed by atoms with Gasteiger partial charge in [-0.05, 0) is 40.7 Å². The van der Waals surface area contributed by atoms with Crippen LogP contribution in [-0.4, -0.2) is 20.8 Å². The van der Waals surface area contributed by atoms with Crippen LogP contribution in [0.15, 0.2) is 27.7 Å². The number of hydrogen-bond acceptors (Lipinski definition) is 3. The Balaban J connectivity index is 2.98. The third kappa shape index (κ3) is 4.33. The van der Waals surface area contributed by atoms with Crippen molar-refractivity contribution in [2.75, 3.05) is 20.8 Å². The molecule has 1 aromatic carbocycles. The van der Waals surface area contributed by atoms with Gasteiger partial charge in [0.15, 0.2) is 11.5 Å². The summed E-state index contributed by atoms with van der Waals surface area (Å²) in [6, 6.07) is 3.96. The zero-order valence-corrected chi connectivity index (χ0v) is 13.0. The molecule has 0 fully saturated rings. The molecule has 0 radical (unpaired) electrons. The lowest BCUT2D eigenvalue weighted by molar-refractivity contribution is 0.322. The summed E-state index contributed by atoms with van der Waals surface area (Å²) in [4.78, 5) is 0. The molecule has 1 aromatic rings. The second-order valence-corrected chi connectivity index (χ2v) is 5.42. The standard InChI is InChI=1S/C12H15Br2NO2/c1-8(13)7-17-12-10(14)4-9(6-15-2)5-11(12)16-3/h4-5,15H,1,6-7H2,2-3H3. The SMILES string of the molecule is C=C(Br)COc1c(Br)cc(CNC)cc1OC. The van der Waals surface area contributed by atoms with Gasteiger partial charge in [-0.1, -0.05) is 22.5 Å². The van der Waals surface area contributed by atoms with E-state index in [1.54, 1.807) is 7.11 Å². The molecular formula is C12H15Br2NO2. The Bertz CT molecular complexity index is 408. The number of ether oxygens (including phenoxy) is 2. The minimum Gasteiger partial charge on any atom is -0.493 e. The lowest BCUT2D eigenvalue weighted by atomic mass is 10.2. The first kappa shape index (κ1) is 14.5. The molecule has 0 aliphatic heterocycles. The van der Waals surface area contributed by atoms with Crippen LogP contribution in [0.2, 0.25) is 0 Å². The fraction of sp³-hybridized carbons (Fsp3) is 0.333. The summed E-state index contributed by atoms with van der Waals surface area (Å²) < 4.78 is 12.6. The highest BCUT2D eigenvalue weighted by Crippen LogP contribution is 2.37. The minimum atomic E-state index is 0.403. The molecule has 0 aliphatic carbocycles. The molecule has 5 heteroatoms. The Labute approximate surface area is 118 Å². The molecule has 0 aliphatic rings. The van der Waals surface area contributed by atoms with Crippen molar-refractivity contribution in [3.05, 3.63) is 33.2 Å². The normalized spacial score (nSPS) is 10.1. The molecule has 0 spiro atoms. The van der Waals surface area contributed by atoms with Crippen molar-refractivity contribution in [2.45, 2.75) is 6.54 Å². The van der Waals surface area contributed by atoms with Crippen LogP contribution in [-0.2, 0) is 6.54 Å². The number of rotatable bonds is 6. The molecule has 1 rings (SSSR count). The van der Waals surface area contributed by atoms with Gasteiger partial charge in [0.25, 0.3) is 0 Å². The number of halogens is 2. The number of methoxy groups -OCH3 is 1. The molecular weight excluding hydrogens is 350 g/mol. The van der Waals surface area contributed by atoms with Crippen molar-refractivity contribution < 1.29 is 9.47 Å². The van der Waals surface area contributed by atoms with Crippen LogP contribution in [0.4, 0.5) is 0 Å². The summed E-state index contributed by atoms with van der Waals surface area (Å²) in [5.74, 6) is 1.39. The van der Waals surface area contributed by atoms with Crippen LogP contribution in [0.25, 0.3) is 0 Å². The fourth-order valence-corrected chi connectivity index (χ4v) is 2.09. The topological polar surface area (TPSA) is 30.5 Å². The van der Waals surface area contributed by atoms with E-state index >= 15 is 0 Å². The van der Waals surface area contributed by atoms with Crippen LogP contribution < -0.4 is 14.8 Å². The van der Waals surface area contributed by atoms with Crippen molar-refractivity contribution in [1.29, 1.82) is 0 Å². The molecule has 0 saturated carbocycles. The molecule has 0 heterocycles. The molecule has 0 amide bonds. The van der Waals surface area contributed by atoms with E-state index in [1.165, 1.54) is 0 Å². The third-order valence-corrected chi connectivity index (χ3v) is 2.86. The number of hydrogen-bond donors (Lipinski definition) is 1. The highest BCUT2D eigenvalue weighted by atomic mass is 79.9. The lowest BCUT2D eigenvalue weighted by Crippen LogP contribution is -2.06.